The molecule has 17 heavy (non-hydrogen) atoms. The molecule has 2 radical (unpaired) electrons. The molecule has 1 aliphatic heterocycles. The third-order valence-electron chi connectivity index (χ3n) is 3.91. The van der Waals surface area contributed by atoms with Gasteiger partial charge < -0.3 is 9.71 Å². The summed E-state index contributed by atoms with van der Waals surface area (Å²) in [4.78, 5) is 15.5. The molecular weight excluding hydrogens is 211 g/mol. The van der Waals surface area contributed by atoms with Crippen LogP contribution in [-0.2, 0) is 4.79 Å². The van der Waals surface area contributed by atoms with E-state index >= 15 is 0 Å². The van der Waals surface area contributed by atoms with Gasteiger partial charge in [-0.15, -0.1) is 0 Å². The first-order chi connectivity index (χ1) is 8.03. The van der Waals surface area contributed by atoms with Gasteiger partial charge in [0.25, 0.3) is 0 Å². The third kappa shape index (κ3) is 3.73. The summed E-state index contributed by atoms with van der Waals surface area (Å²) < 4.78 is 0. The Morgan fingerprint density at radius 1 is 1.41 bits per heavy atom. The molecule has 4 heteroatoms. The van der Waals surface area contributed by atoms with Gasteiger partial charge >= 0.3 is 0 Å². The van der Waals surface area contributed by atoms with E-state index in [1.54, 1.807) is 0 Å². The highest BCUT2D eigenvalue weighted by molar-refractivity contribution is 6.15. The first-order valence-electron chi connectivity index (χ1n) is 6.83. The van der Waals surface area contributed by atoms with Gasteiger partial charge in [-0.3, -0.25) is 4.79 Å². The van der Waals surface area contributed by atoms with Crippen molar-refractivity contribution < 1.29 is 4.79 Å². The van der Waals surface area contributed by atoms with Gasteiger partial charge in [-0.05, 0) is 45.7 Å². The van der Waals surface area contributed by atoms with E-state index in [9.17, 15) is 4.79 Å². The molecule has 0 aromatic carbocycles. The van der Waals surface area contributed by atoms with Crippen molar-refractivity contribution in [1.82, 2.24) is 9.71 Å². The van der Waals surface area contributed by atoms with Gasteiger partial charge in [0.05, 0.1) is 0 Å². The van der Waals surface area contributed by atoms with Crippen LogP contribution < -0.4 is 0 Å². The Hall–Kier alpha value is -0.505. The van der Waals surface area contributed by atoms with Gasteiger partial charge in [-0.1, -0.05) is 13.8 Å². The van der Waals surface area contributed by atoms with Crippen molar-refractivity contribution in [2.75, 3.05) is 19.6 Å². The van der Waals surface area contributed by atoms with Crippen molar-refractivity contribution in [3.8, 4) is 0 Å². The predicted molar refractivity (Wildman–Crippen MR) is 71.9 cm³/mol. The average Bonchev–Trinajstić information content (AvgIpc) is 2.31. The molecule has 1 rings (SSSR count). The maximum atomic E-state index is 11.6. The minimum atomic E-state index is -0.142. The molecule has 1 heterocycles. The number of amides is 1. The Balaban J connectivity index is 2.50. The lowest BCUT2D eigenvalue weighted by atomic mass is 9.82. The van der Waals surface area contributed by atoms with Crippen molar-refractivity contribution in [2.24, 2.45) is 0 Å². The van der Waals surface area contributed by atoms with E-state index in [0.29, 0.717) is 6.42 Å². The van der Waals surface area contributed by atoms with Crippen molar-refractivity contribution >= 4 is 13.9 Å². The Morgan fingerprint density at radius 3 is 2.71 bits per heavy atom. The molecule has 1 unspecified atom stereocenters. The van der Waals surface area contributed by atoms with Crippen molar-refractivity contribution in [3.05, 3.63) is 0 Å². The highest BCUT2D eigenvalue weighted by Gasteiger charge is 2.34. The zero-order valence-corrected chi connectivity index (χ0v) is 11.5. The van der Waals surface area contributed by atoms with E-state index in [4.69, 9.17) is 7.98 Å². The molecule has 96 valence electrons. The lowest BCUT2D eigenvalue weighted by Crippen LogP contribution is -2.52. The number of rotatable bonds is 6. The van der Waals surface area contributed by atoms with Crippen molar-refractivity contribution in [2.45, 2.75) is 58.4 Å². The normalized spacial score (nSPS) is 25.6. The Kier molecular flexibility index (Phi) is 5.51. The highest BCUT2D eigenvalue weighted by Crippen LogP contribution is 2.30. The average molecular weight is 236 g/mol. The third-order valence-corrected chi connectivity index (χ3v) is 3.91. The summed E-state index contributed by atoms with van der Waals surface area (Å²) in [5.74, 6) is 0.0947. The van der Waals surface area contributed by atoms with Gasteiger partial charge in [-0.25, -0.2) is 0 Å². The molecule has 1 aliphatic rings. The summed E-state index contributed by atoms with van der Waals surface area (Å²) >= 11 is 0. The second-order valence-electron chi connectivity index (χ2n) is 5.30. The maximum absolute atomic E-state index is 11.6. The van der Waals surface area contributed by atoms with Crippen LogP contribution in [0.1, 0.15) is 52.9 Å². The SMILES string of the molecule is [B]N1C(=O)CCCC1(C)CCN(CC)CCC. The van der Waals surface area contributed by atoms with E-state index in [0.717, 1.165) is 38.9 Å². The summed E-state index contributed by atoms with van der Waals surface area (Å²) in [5.41, 5.74) is -0.142. The number of hydrogen-bond donors (Lipinski definition) is 0. The molecule has 1 atom stereocenters. The molecule has 1 amide bonds. The zero-order valence-electron chi connectivity index (χ0n) is 11.5. The summed E-state index contributed by atoms with van der Waals surface area (Å²) in [5, 5.41) is 0. The van der Waals surface area contributed by atoms with Crippen LogP contribution in [0.5, 0.6) is 0 Å². The van der Waals surface area contributed by atoms with E-state index in [-0.39, 0.29) is 11.4 Å². The van der Waals surface area contributed by atoms with Crippen molar-refractivity contribution in [1.29, 1.82) is 0 Å². The number of nitrogens with zero attached hydrogens (tertiary/aromatic N) is 2. The number of carbonyl (C=O) groups excluding carboxylic acids is 1. The van der Waals surface area contributed by atoms with Gasteiger partial charge in [0.2, 0.25) is 13.9 Å². The molecule has 0 bridgehead atoms. The largest absolute Gasteiger partial charge is 0.392 e. The number of carbonyl (C=O) groups is 1. The van der Waals surface area contributed by atoms with Crippen LogP contribution in [0.3, 0.4) is 0 Å². The Bertz CT molecular complexity index is 260. The minimum Gasteiger partial charge on any atom is -0.392 e. The fraction of sp³-hybridized carbons (Fsp3) is 0.923. The van der Waals surface area contributed by atoms with Crippen LogP contribution in [0.15, 0.2) is 0 Å². The van der Waals surface area contributed by atoms with Gasteiger partial charge in [-0.2, -0.15) is 0 Å². The molecule has 0 aromatic heterocycles. The molecule has 0 spiro atoms. The molecule has 0 aliphatic carbocycles. The smallest absolute Gasteiger partial charge is 0.231 e. The summed E-state index contributed by atoms with van der Waals surface area (Å²) in [6.45, 7) is 9.73. The lowest BCUT2D eigenvalue weighted by Gasteiger charge is -2.44. The fourth-order valence-corrected chi connectivity index (χ4v) is 2.55. The molecule has 3 nitrogen and oxygen atoms in total. The van der Waals surface area contributed by atoms with Crippen LogP contribution in [-0.4, -0.2) is 48.8 Å². The minimum absolute atomic E-state index is 0.0947. The summed E-state index contributed by atoms with van der Waals surface area (Å²) in [6, 6.07) is 0. The Morgan fingerprint density at radius 2 is 2.12 bits per heavy atom. The predicted octanol–water partition coefficient (Wildman–Crippen LogP) is 1.96. The van der Waals surface area contributed by atoms with Crippen LogP contribution in [0, 0.1) is 0 Å². The Labute approximate surface area is 107 Å². The quantitative estimate of drug-likeness (QED) is 0.658. The fourth-order valence-electron chi connectivity index (χ4n) is 2.55. The van der Waals surface area contributed by atoms with E-state index < -0.39 is 0 Å². The van der Waals surface area contributed by atoms with Crippen LogP contribution in [0.25, 0.3) is 0 Å². The molecule has 0 N–H and O–H groups in total. The highest BCUT2D eigenvalue weighted by atomic mass is 16.2. The van der Waals surface area contributed by atoms with Crippen LogP contribution >= 0.6 is 0 Å². The lowest BCUT2D eigenvalue weighted by molar-refractivity contribution is -0.133. The first-order valence-corrected chi connectivity index (χ1v) is 6.83. The number of piperidine rings is 1. The maximum Gasteiger partial charge on any atom is 0.231 e. The summed E-state index contributed by atoms with van der Waals surface area (Å²) in [6.07, 6.45) is 4.76. The van der Waals surface area contributed by atoms with E-state index in [1.165, 1.54) is 11.2 Å². The van der Waals surface area contributed by atoms with Crippen molar-refractivity contribution in [3.63, 3.8) is 0 Å². The van der Waals surface area contributed by atoms with Crippen LogP contribution in [0.2, 0.25) is 0 Å². The standard InChI is InChI=1S/C13H25BN2O/c1-4-10-15(5-2)11-9-13(3)8-6-7-12(17)16(13)14/h4-11H2,1-3H3. The van der Waals surface area contributed by atoms with Gasteiger partial charge in [0.1, 0.15) is 0 Å². The first kappa shape index (κ1) is 14.6. The number of hydrogen-bond acceptors (Lipinski definition) is 2. The molecular formula is C13H25BN2O. The molecule has 0 saturated carbocycles. The molecule has 0 aromatic rings. The second kappa shape index (κ2) is 6.43. The second-order valence-corrected chi connectivity index (χ2v) is 5.30. The zero-order chi connectivity index (χ0) is 12.9. The molecule has 1 saturated heterocycles. The summed E-state index contributed by atoms with van der Waals surface area (Å²) in [7, 11) is 5.92. The topological polar surface area (TPSA) is 23.6 Å². The van der Waals surface area contributed by atoms with Crippen LogP contribution in [0.4, 0.5) is 0 Å². The van der Waals surface area contributed by atoms with E-state index in [1.807, 2.05) is 0 Å². The van der Waals surface area contributed by atoms with Gasteiger partial charge in [0.15, 0.2) is 0 Å². The van der Waals surface area contributed by atoms with Gasteiger partial charge in [0, 0.05) is 18.5 Å². The van der Waals surface area contributed by atoms with E-state index in [2.05, 4.69) is 25.7 Å². The molecule has 1 fully saturated rings. The monoisotopic (exact) mass is 236 g/mol.